The standard InChI is InChI=1S/C17H28FN3O/c1-13(2)22-11-5-9-20-17(19-4)21-10-8-15-6-7-16(18)12-14(15)3/h6-7,12-13H,5,8-11H2,1-4H3,(H2,19,20,21). The van der Waals surface area contributed by atoms with Crippen LogP contribution in [0.2, 0.25) is 0 Å². The second kappa shape index (κ2) is 10.2. The maximum atomic E-state index is 13.0. The van der Waals surface area contributed by atoms with Gasteiger partial charge in [-0.25, -0.2) is 4.39 Å². The molecule has 124 valence electrons. The quantitative estimate of drug-likeness (QED) is 0.441. The number of nitrogens with one attached hydrogen (secondary N) is 2. The van der Waals surface area contributed by atoms with E-state index in [1.807, 2.05) is 26.8 Å². The molecule has 0 aromatic heterocycles. The Bertz CT molecular complexity index is 475. The molecule has 1 rings (SSSR count). The summed E-state index contributed by atoms with van der Waals surface area (Å²) in [5.41, 5.74) is 2.13. The first-order chi connectivity index (χ1) is 10.5. The van der Waals surface area contributed by atoms with E-state index in [9.17, 15) is 4.39 Å². The number of benzene rings is 1. The van der Waals surface area contributed by atoms with Crippen molar-refractivity contribution in [3.8, 4) is 0 Å². The summed E-state index contributed by atoms with van der Waals surface area (Å²) in [7, 11) is 1.75. The SMILES string of the molecule is CN=C(NCCCOC(C)C)NCCc1ccc(F)cc1C. The normalized spacial score (nSPS) is 11.8. The summed E-state index contributed by atoms with van der Waals surface area (Å²) in [6, 6.07) is 4.91. The summed E-state index contributed by atoms with van der Waals surface area (Å²) >= 11 is 0. The van der Waals surface area contributed by atoms with Crippen molar-refractivity contribution < 1.29 is 9.13 Å². The third-order valence-electron chi connectivity index (χ3n) is 3.28. The molecule has 0 fully saturated rings. The zero-order chi connectivity index (χ0) is 16.4. The molecule has 0 atom stereocenters. The molecule has 0 radical (unpaired) electrons. The van der Waals surface area contributed by atoms with Crippen LogP contribution in [0.1, 0.15) is 31.4 Å². The predicted octanol–water partition coefficient (Wildman–Crippen LogP) is 2.66. The number of hydrogen-bond acceptors (Lipinski definition) is 2. The summed E-state index contributed by atoms with van der Waals surface area (Å²) in [5.74, 6) is 0.597. The highest BCUT2D eigenvalue weighted by atomic mass is 19.1. The van der Waals surface area contributed by atoms with Gasteiger partial charge in [0.15, 0.2) is 5.96 Å². The van der Waals surface area contributed by atoms with Crippen molar-refractivity contribution >= 4 is 5.96 Å². The molecule has 22 heavy (non-hydrogen) atoms. The van der Waals surface area contributed by atoms with E-state index in [1.165, 1.54) is 6.07 Å². The highest BCUT2D eigenvalue weighted by molar-refractivity contribution is 5.79. The molecule has 0 saturated carbocycles. The van der Waals surface area contributed by atoms with E-state index in [0.717, 1.165) is 49.6 Å². The molecule has 0 unspecified atom stereocenters. The van der Waals surface area contributed by atoms with Gasteiger partial charge in [0.25, 0.3) is 0 Å². The zero-order valence-corrected chi connectivity index (χ0v) is 14.1. The highest BCUT2D eigenvalue weighted by Gasteiger charge is 2.02. The van der Waals surface area contributed by atoms with E-state index >= 15 is 0 Å². The van der Waals surface area contributed by atoms with Crippen molar-refractivity contribution in [1.82, 2.24) is 10.6 Å². The first-order valence-electron chi connectivity index (χ1n) is 7.84. The van der Waals surface area contributed by atoms with Crippen LogP contribution in [-0.4, -0.2) is 38.8 Å². The molecule has 0 saturated heterocycles. The van der Waals surface area contributed by atoms with Gasteiger partial charge < -0.3 is 15.4 Å². The Kier molecular flexibility index (Phi) is 8.51. The van der Waals surface area contributed by atoms with E-state index < -0.39 is 0 Å². The van der Waals surface area contributed by atoms with Gasteiger partial charge in [0, 0.05) is 26.7 Å². The Balaban J connectivity index is 2.24. The second-order valence-corrected chi connectivity index (χ2v) is 5.52. The van der Waals surface area contributed by atoms with Gasteiger partial charge >= 0.3 is 0 Å². The van der Waals surface area contributed by atoms with Gasteiger partial charge in [-0.3, -0.25) is 4.99 Å². The van der Waals surface area contributed by atoms with Crippen molar-refractivity contribution in [2.24, 2.45) is 4.99 Å². The Hall–Kier alpha value is -1.62. The molecule has 1 aromatic rings. The monoisotopic (exact) mass is 309 g/mol. The molecule has 0 bridgehead atoms. The van der Waals surface area contributed by atoms with E-state index in [2.05, 4.69) is 15.6 Å². The van der Waals surface area contributed by atoms with Crippen LogP contribution in [0, 0.1) is 12.7 Å². The van der Waals surface area contributed by atoms with Gasteiger partial charge in [-0.2, -0.15) is 0 Å². The number of guanidine groups is 1. The van der Waals surface area contributed by atoms with Crippen LogP contribution in [0.5, 0.6) is 0 Å². The van der Waals surface area contributed by atoms with E-state index in [4.69, 9.17) is 4.74 Å². The smallest absolute Gasteiger partial charge is 0.190 e. The van der Waals surface area contributed by atoms with Crippen molar-refractivity contribution in [3.05, 3.63) is 35.1 Å². The number of halogens is 1. The first-order valence-corrected chi connectivity index (χ1v) is 7.84. The lowest BCUT2D eigenvalue weighted by molar-refractivity contribution is 0.0776. The largest absolute Gasteiger partial charge is 0.379 e. The van der Waals surface area contributed by atoms with Crippen LogP contribution in [0.25, 0.3) is 0 Å². The summed E-state index contributed by atoms with van der Waals surface area (Å²) in [4.78, 5) is 4.18. The average Bonchev–Trinajstić information content (AvgIpc) is 2.46. The van der Waals surface area contributed by atoms with E-state index in [1.54, 1.807) is 13.1 Å². The van der Waals surface area contributed by atoms with Gasteiger partial charge in [0.1, 0.15) is 5.82 Å². The van der Waals surface area contributed by atoms with Crippen molar-refractivity contribution in [2.75, 3.05) is 26.7 Å². The minimum Gasteiger partial charge on any atom is -0.379 e. The lowest BCUT2D eigenvalue weighted by atomic mass is 10.1. The Labute approximate surface area is 133 Å². The highest BCUT2D eigenvalue weighted by Crippen LogP contribution is 2.10. The van der Waals surface area contributed by atoms with Crippen LogP contribution in [-0.2, 0) is 11.2 Å². The molecule has 1 aromatic carbocycles. The summed E-state index contributed by atoms with van der Waals surface area (Å²) in [5, 5.41) is 6.52. The molecule has 0 aliphatic rings. The Morgan fingerprint density at radius 1 is 1.27 bits per heavy atom. The fraction of sp³-hybridized carbons (Fsp3) is 0.588. The van der Waals surface area contributed by atoms with E-state index in [0.29, 0.717) is 0 Å². The van der Waals surface area contributed by atoms with Gasteiger partial charge in [0.2, 0.25) is 0 Å². The van der Waals surface area contributed by atoms with Gasteiger partial charge in [-0.1, -0.05) is 6.07 Å². The third-order valence-corrected chi connectivity index (χ3v) is 3.28. The van der Waals surface area contributed by atoms with Crippen LogP contribution < -0.4 is 10.6 Å². The van der Waals surface area contributed by atoms with Gasteiger partial charge in [-0.15, -0.1) is 0 Å². The zero-order valence-electron chi connectivity index (χ0n) is 14.1. The lowest BCUT2D eigenvalue weighted by Crippen LogP contribution is -2.39. The molecule has 0 spiro atoms. The number of aliphatic imine (C=N–C) groups is 1. The fourth-order valence-electron chi connectivity index (χ4n) is 2.07. The van der Waals surface area contributed by atoms with Crippen LogP contribution in [0.15, 0.2) is 23.2 Å². The first kappa shape index (κ1) is 18.4. The minimum atomic E-state index is -0.185. The number of hydrogen-bond donors (Lipinski definition) is 2. The molecule has 0 aliphatic heterocycles. The van der Waals surface area contributed by atoms with Crippen molar-refractivity contribution in [3.63, 3.8) is 0 Å². The van der Waals surface area contributed by atoms with E-state index in [-0.39, 0.29) is 11.9 Å². The summed E-state index contributed by atoms with van der Waals surface area (Å²) < 4.78 is 18.5. The topological polar surface area (TPSA) is 45.7 Å². The van der Waals surface area contributed by atoms with Gasteiger partial charge in [0.05, 0.1) is 6.10 Å². The molecular weight excluding hydrogens is 281 g/mol. The molecule has 0 heterocycles. The maximum absolute atomic E-state index is 13.0. The van der Waals surface area contributed by atoms with Crippen LogP contribution in [0.4, 0.5) is 4.39 Å². The van der Waals surface area contributed by atoms with Crippen LogP contribution >= 0.6 is 0 Å². The number of rotatable bonds is 8. The second-order valence-electron chi connectivity index (χ2n) is 5.52. The Morgan fingerprint density at radius 3 is 2.64 bits per heavy atom. The fourth-order valence-corrected chi connectivity index (χ4v) is 2.07. The number of aryl methyl sites for hydroxylation is 1. The number of ether oxygens (including phenoxy) is 1. The molecule has 0 aliphatic carbocycles. The number of nitrogens with zero attached hydrogens (tertiary/aromatic N) is 1. The minimum absolute atomic E-state index is 0.185. The van der Waals surface area contributed by atoms with Crippen molar-refractivity contribution in [2.45, 2.75) is 39.7 Å². The lowest BCUT2D eigenvalue weighted by Gasteiger charge is -2.13. The average molecular weight is 309 g/mol. The predicted molar refractivity (Wildman–Crippen MR) is 89.9 cm³/mol. The molecule has 4 nitrogen and oxygen atoms in total. The van der Waals surface area contributed by atoms with Gasteiger partial charge in [-0.05, 0) is 56.9 Å². The van der Waals surface area contributed by atoms with Crippen molar-refractivity contribution in [1.29, 1.82) is 0 Å². The molecule has 2 N–H and O–H groups in total. The third kappa shape index (κ3) is 7.41. The molecule has 0 amide bonds. The summed E-state index contributed by atoms with van der Waals surface area (Å²) in [6.07, 6.45) is 2.05. The molecular formula is C17H28FN3O. The maximum Gasteiger partial charge on any atom is 0.190 e. The molecule has 5 heteroatoms. The summed E-state index contributed by atoms with van der Waals surface area (Å²) in [6.45, 7) is 8.32. The Morgan fingerprint density at radius 2 is 2.00 bits per heavy atom. The van der Waals surface area contributed by atoms with Crippen LogP contribution in [0.3, 0.4) is 0 Å².